The lowest BCUT2D eigenvalue weighted by molar-refractivity contribution is 0.463. The monoisotopic (exact) mass is 359 g/mol. The third-order valence-corrected chi connectivity index (χ3v) is 6.05. The quantitative estimate of drug-likeness (QED) is 0.727. The number of fused-ring (bicyclic) bond motifs is 1. The van der Waals surface area contributed by atoms with Gasteiger partial charge in [0.1, 0.15) is 10.6 Å². The van der Waals surface area contributed by atoms with Gasteiger partial charge in [-0.3, -0.25) is 9.00 Å². The molecular weight excluding hydrogens is 342 g/mol. The van der Waals surface area contributed by atoms with Crippen LogP contribution in [-0.4, -0.2) is 20.1 Å². The number of hydrogen-bond donors (Lipinski definition) is 1. The fourth-order valence-electron chi connectivity index (χ4n) is 2.61. The molecule has 1 N–H and O–H groups in total. The van der Waals surface area contributed by atoms with E-state index in [1.165, 1.54) is 4.57 Å². The lowest BCUT2D eigenvalue weighted by Crippen LogP contribution is -2.22. The van der Waals surface area contributed by atoms with Gasteiger partial charge in [-0.1, -0.05) is 30.3 Å². The molecule has 1 unspecified atom stereocenters. The summed E-state index contributed by atoms with van der Waals surface area (Å²) >= 11 is 1.54. The molecule has 0 fully saturated rings. The van der Waals surface area contributed by atoms with Crippen molar-refractivity contribution in [2.75, 3.05) is 6.26 Å². The second-order valence-electron chi connectivity index (χ2n) is 5.40. The molecule has 0 aliphatic rings. The van der Waals surface area contributed by atoms with Crippen molar-refractivity contribution in [1.82, 2.24) is 4.57 Å². The zero-order chi connectivity index (χ0) is 17.3. The summed E-state index contributed by atoms with van der Waals surface area (Å²) in [4.78, 5) is 13.5. The van der Waals surface area contributed by atoms with Gasteiger partial charge >= 0.3 is 0 Å². The second kappa shape index (κ2) is 6.83. The highest BCUT2D eigenvalue weighted by Gasteiger charge is 2.20. The Morgan fingerprint density at radius 2 is 1.88 bits per heavy atom. The molecule has 3 aromatic rings. The van der Waals surface area contributed by atoms with E-state index in [0.29, 0.717) is 10.9 Å². The van der Waals surface area contributed by atoms with E-state index >= 15 is 0 Å². The van der Waals surface area contributed by atoms with Gasteiger partial charge in [0.05, 0.1) is 22.1 Å². The summed E-state index contributed by atoms with van der Waals surface area (Å²) in [7, 11) is 0.00850. The van der Waals surface area contributed by atoms with Gasteiger partial charge in [-0.05, 0) is 30.0 Å². The van der Waals surface area contributed by atoms with E-state index in [9.17, 15) is 14.1 Å². The first kappa shape index (κ1) is 16.8. The summed E-state index contributed by atoms with van der Waals surface area (Å²) in [5, 5.41) is 11.1. The van der Waals surface area contributed by atoms with Crippen LogP contribution in [-0.2, 0) is 23.6 Å². The van der Waals surface area contributed by atoms with E-state index in [0.717, 1.165) is 10.5 Å². The molecule has 3 rings (SSSR count). The summed E-state index contributed by atoms with van der Waals surface area (Å²) in [5.74, 6) is 0.00967. The maximum Gasteiger partial charge on any atom is 0.270 e. The van der Waals surface area contributed by atoms with Crippen LogP contribution in [0.4, 0.5) is 0 Å². The summed E-state index contributed by atoms with van der Waals surface area (Å²) in [5.41, 5.74) is 1.05. The van der Waals surface area contributed by atoms with E-state index in [1.807, 2.05) is 48.7 Å². The molecule has 2 aromatic carbocycles. The highest BCUT2D eigenvalue weighted by molar-refractivity contribution is 7.98. The van der Waals surface area contributed by atoms with Crippen LogP contribution in [0.5, 0.6) is 5.75 Å². The Morgan fingerprint density at radius 3 is 2.54 bits per heavy atom. The van der Waals surface area contributed by atoms with E-state index < -0.39 is 16.4 Å². The van der Waals surface area contributed by atoms with Crippen molar-refractivity contribution < 1.29 is 9.32 Å². The van der Waals surface area contributed by atoms with E-state index in [4.69, 9.17) is 0 Å². The molecule has 0 saturated carbocycles. The molecule has 6 heteroatoms. The fourth-order valence-corrected chi connectivity index (χ4v) is 4.35. The molecule has 0 radical (unpaired) electrons. The Morgan fingerprint density at radius 1 is 1.17 bits per heavy atom. The minimum atomic E-state index is -1.62. The number of hydrogen-bond acceptors (Lipinski definition) is 4. The molecule has 0 aliphatic carbocycles. The van der Waals surface area contributed by atoms with Crippen LogP contribution >= 0.6 is 11.8 Å². The maximum absolute atomic E-state index is 12.7. The van der Waals surface area contributed by atoms with Crippen molar-refractivity contribution in [3.05, 3.63) is 64.4 Å². The van der Waals surface area contributed by atoms with E-state index in [2.05, 4.69) is 0 Å². The van der Waals surface area contributed by atoms with Gasteiger partial charge in [0, 0.05) is 17.3 Å². The summed E-state index contributed by atoms with van der Waals surface area (Å²) in [6.45, 7) is 0. The Labute approximate surface area is 146 Å². The lowest BCUT2D eigenvalue weighted by Gasteiger charge is -2.12. The molecule has 1 heterocycles. The smallest absolute Gasteiger partial charge is 0.270 e. The van der Waals surface area contributed by atoms with E-state index in [1.54, 1.807) is 24.9 Å². The van der Waals surface area contributed by atoms with Gasteiger partial charge in [0.2, 0.25) is 0 Å². The fraction of sp³-hybridized carbons (Fsp3) is 0.167. The molecule has 124 valence electrons. The number of pyridine rings is 1. The van der Waals surface area contributed by atoms with Crippen LogP contribution in [0.2, 0.25) is 0 Å². The van der Waals surface area contributed by atoms with Gasteiger partial charge in [0.15, 0.2) is 0 Å². The average molecular weight is 359 g/mol. The average Bonchev–Trinajstić information content (AvgIpc) is 2.60. The maximum atomic E-state index is 12.7. The zero-order valence-electron chi connectivity index (χ0n) is 13.4. The number of nitrogens with zero attached hydrogens (tertiary/aromatic N) is 1. The predicted octanol–water partition coefficient (Wildman–Crippen LogP) is 3.27. The van der Waals surface area contributed by atoms with Crippen molar-refractivity contribution in [1.29, 1.82) is 0 Å². The number of aryl methyl sites for hydroxylation is 1. The standard InChI is InChI=1S/C18H17NO3S2/c1-19-15-9-8-13(23-2)10-14(15)16(20)17(18(19)21)24(22)11-12-6-4-3-5-7-12/h3-10,20H,11H2,1-2H3. The van der Waals surface area contributed by atoms with E-state index in [-0.39, 0.29) is 16.4 Å². The van der Waals surface area contributed by atoms with Crippen LogP contribution < -0.4 is 5.56 Å². The molecule has 24 heavy (non-hydrogen) atoms. The number of aromatic nitrogens is 1. The second-order valence-corrected chi connectivity index (χ2v) is 7.67. The van der Waals surface area contributed by atoms with Crippen LogP contribution in [0.15, 0.2) is 63.1 Å². The Kier molecular flexibility index (Phi) is 4.78. The topological polar surface area (TPSA) is 59.3 Å². The van der Waals surface area contributed by atoms with Gasteiger partial charge in [-0.2, -0.15) is 0 Å². The molecule has 0 saturated heterocycles. The molecule has 0 spiro atoms. The normalized spacial score (nSPS) is 12.4. The van der Waals surface area contributed by atoms with Crippen molar-refractivity contribution >= 4 is 33.5 Å². The van der Waals surface area contributed by atoms with Crippen LogP contribution in [0.25, 0.3) is 10.9 Å². The summed E-state index contributed by atoms with van der Waals surface area (Å²) in [6.07, 6.45) is 1.94. The first-order chi connectivity index (χ1) is 11.5. The molecule has 0 bridgehead atoms. The van der Waals surface area contributed by atoms with Crippen molar-refractivity contribution in [2.24, 2.45) is 7.05 Å². The van der Waals surface area contributed by atoms with Crippen molar-refractivity contribution in [2.45, 2.75) is 15.5 Å². The first-order valence-corrected chi connectivity index (χ1v) is 9.89. The number of aromatic hydroxyl groups is 1. The molecule has 0 aliphatic heterocycles. The Bertz CT molecular complexity index is 981. The van der Waals surface area contributed by atoms with Crippen LogP contribution in [0.1, 0.15) is 5.56 Å². The SMILES string of the molecule is CSc1ccc2c(c1)c(O)c(S(=O)Cc1ccccc1)c(=O)n2C. The third-order valence-electron chi connectivity index (χ3n) is 3.90. The Hall–Kier alpha value is -2.05. The zero-order valence-corrected chi connectivity index (χ0v) is 15.0. The highest BCUT2D eigenvalue weighted by atomic mass is 32.2. The van der Waals surface area contributed by atoms with Crippen molar-refractivity contribution in [3.63, 3.8) is 0 Å². The number of thioether (sulfide) groups is 1. The summed E-state index contributed by atoms with van der Waals surface area (Å²) in [6, 6.07) is 14.8. The first-order valence-electron chi connectivity index (χ1n) is 7.35. The van der Waals surface area contributed by atoms with Crippen LogP contribution in [0, 0.1) is 0 Å². The summed E-state index contributed by atoms with van der Waals surface area (Å²) < 4.78 is 14.2. The molecule has 1 aromatic heterocycles. The third kappa shape index (κ3) is 2.99. The Balaban J connectivity index is 2.17. The minimum absolute atomic E-state index is 0.0351. The van der Waals surface area contributed by atoms with Gasteiger partial charge in [-0.25, -0.2) is 0 Å². The molecule has 4 nitrogen and oxygen atoms in total. The lowest BCUT2D eigenvalue weighted by atomic mass is 10.2. The van der Waals surface area contributed by atoms with Gasteiger partial charge < -0.3 is 9.67 Å². The molecule has 0 amide bonds. The largest absolute Gasteiger partial charge is 0.506 e. The van der Waals surface area contributed by atoms with Gasteiger partial charge in [0.25, 0.3) is 5.56 Å². The number of benzene rings is 2. The number of rotatable bonds is 4. The van der Waals surface area contributed by atoms with Gasteiger partial charge in [-0.15, -0.1) is 11.8 Å². The highest BCUT2D eigenvalue weighted by Crippen LogP contribution is 2.31. The van der Waals surface area contributed by atoms with Crippen molar-refractivity contribution in [3.8, 4) is 5.75 Å². The molecule has 1 atom stereocenters. The molecular formula is C18H17NO3S2. The predicted molar refractivity (Wildman–Crippen MR) is 99.2 cm³/mol. The minimum Gasteiger partial charge on any atom is -0.506 e. The van der Waals surface area contributed by atoms with Crippen LogP contribution in [0.3, 0.4) is 0 Å².